The zero-order valence-electron chi connectivity index (χ0n) is 12.6. The normalized spacial score (nSPS) is 19.7. The van der Waals surface area contributed by atoms with E-state index in [1.54, 1.807) is 36.9 Å². The minimum absolute atomic E-state index is 0.0215. The third kappa shape index (κ3) is 2.17. The monoisotopic (exact) mass is 289 g/mol. The lowest BCUT2D eigenvalue weighted by Gasteiger charge is -2.12. The lowest BCUT2D eigenvalue weighted by atomic mass is 10.0. The van der Waals surface area contributed by atoms with Gasteiger partial charge >= 0.3 is 0 Å². The molecule has 1 aromatic carbocycles. The summed E-state index contributed by atoms with van der Waals surface area (Å²) in [5.41, 5.74) is 0.647. The van der Waals surface area contributed by atoms with Crippen molar-refractivity contribution >= 4 is 10.9 Å². The maximum absolute atomic E-state index is 12.5. The summed E-state index contributed by atoms with van der Waals surface area (Å²) in [6, 6.07) is 5.29. The number of fused-ring (bicyclic) bond motifs is 1. The van der Waals surface area contributed by atoms with Crippen molar-refractivity contribution in [3.63, 3.8) is 0 Å². The molecule has 0 bridgehead atoms. The summed E-state index contributed by atoms with van der Waals surface area (Å²) in [7, 11) is 3.27. The Morgan fingerprint density at radius 3 is 2.67 bits per heavy atom. The van der Waals surface area contributed by atoms with E-state index in [0.29, 0.717) is 28.6 Å². The molecule has 0 saturated carbocycles. The van der Waals surface area contributed by atoms with Crippen LogP contribution in [0.3, 0.4) is 0 Å². The Balaban J connectivity index is 2.16. The standard InChI is InChI=1S/C16H19NO4/c1-16(2)13(21-16)8-11-14(18)10-6-5-9(20-4)7-12(10)17(3)15(11)19/h5-7,13,18H,8H2,1-4H3/t13-/m1/s1. The molecular weight excluding hydrogens is 270 g/mol. The average molecular weight is 289 g/mol. The highest BCUT2D eigenvalue weighted by molar-refractivity contribution is 5.87. The van der Waals surface area contributed by atoms with Gasteiger partial charge in [0.15, 0.2) is 0 Å². The molecule has 1 aliphatic rings. The number of ether oxygens (including phenoxy) is 2. The molecule has 0 radical (unpaired) electrons. The molecule has 0 spiro atoms. The van der Waals surface area contributed by atoms with Gasteiger partial charge in [0, 0.05) is 24.9 Å². The molecule has 112 valence electrons. The Bertz CT molecular complexity index is 776. The minimum Gasteiger partial charge on any atom is -0.507 e. The molecule has 3 rings (SSSR count). The molecule has 0 amide bonds. The van der Waals surface area contributed by atoms with Gasteiger partial charge in [0.25, 0.3) is 5.56 Å². The van der Waals surface area contributed by atoms with Crippen molar-refractivity contribution in [2.75, 3.05) is 7.11 Å². The molecule has 1 saturated heterocycles. The van der Waals surface area contributed by atoms with E-state index >= 15 is 0 Å². The molecule has 21 heavy (non-hydrogen) atoms. The van der Waals surface area contributed by atoms with Gasteiger partial charge in [0.05, 0.1) is 29.9 Å². The van der Waals surface area contributed by atoms with Crippen molar-refractivity contribution in [1.29, 1.82) is 0 Å². The van der Waals surface area contributed by atoms with Gasteiger partial charge in [-0.05, 0) is 26.0 Å². The van der Waals surface area contributed by atoms with Gasteiger partial charge in [-0.1, -0.05) is 0 Å². The summed E-state index contributed by atoms with van der Waals surface area (Å²) >= 11 is 0. The van der Waals surface area contributed by atoms with Gasteiger partial charge in [0.2, 0.25) is 0 Å². The summed E-state index contributed by atoms with van der Waals surface area (Å²) in [6.07, 6.45) is 0.403. The molecule has 1 N–H and O–H groups in total. The van der Waals surface area contributed by atoms with E-state index in [2.05, 4.69) is 0 Å². The molecule has 2 heterocycles. The number of aryl methyl sites for hydroxylation is 1. The lowest BCUT2D eigenvalue weighted by Crippen LogP contribution is -2.23. The Labute approximate surface area is 122 Å². The number of aromatic nitrogens is 1. The van der Waals surface area contributed by atoms with Crippen LogP contribution in [0.2, 0.25) is 0 Å². The predicted molar refractivity (Wildman–Crippen MR) is 80.1 cm³/mol. The molecule has 5 heteroatoms. The van der Waals surface area contributed by atoms with Crippen LogP contribution < -0.4 is 10.3 Å². The number of epoxide rings is 1. The summed E-state index contributed by atoms with van der Waals surface area (Å²) in [6.45, 7) is 3.95. The summed E-state index contributed by atoms with van der Waals surface area (Å²) in [5.74, 6) is 0.693. The second-order valence-electron chi connectivity index (χ2n) is 5.99. The fourth-order valence-corrected chi connectivity index (χ4v) is 2.68. The second-order valence-corrected chi connectivity index (χ2v) is 5.99. The number of benzene rings is 1. The maximum Gasteiger partial charge on any atom is 0.257 e. The van der Waals surface area contributed by atoms with Gasteiger partial charge in [0.1, 0.15) is 11.5 Å². The number of rotatable bonds is 3. The Hall–Kier alpha value is -2.01. The fraction of sp³-hybridized carbons (Fsp3) is 0.438. The van der Waals surface area contributed by atoms with E-state index in [1.165, 1.54) is 0 Å². The molecule has 0 unspecified atom stereocenters. The summed E-state index contributed by atoms with van der Waals surface area (Å²) < 4.78 is 12.2. The van der Waals surface area contributed by atoms with Gasteiger partial charge < -0.3 is 19.1 Å². The SMILES string of the molecule is COc1ccc2c(O)c(C[C@H]3OC3(C)C)c(=O)n(C)c2c1. The molecule has 1 aliphatic heterocycles. The van der Waals surface area contributed by atoms with Crippen LogP contribution in [0.4, 0.5) is 0 Å². The van der Waals surface area contributed by atoms with E-state index in [-0.39, 0.29) is 23.0 Å². The van der Waals surface area contributed by atoms with E-state index < -0.39 is 0 Å². The van der Waals surface area contributed by atoms with Crippen molar-refractivity contribution in [3.8, 4) is 11.5 Å². The number of aromatic hydroxyl groups is 1. The fourth-order valence-electron chi connectivity index (χ4n) is 2.68. The highest BCUT2D eigenvalue weighted by Crippen LogP contribution is 2.39. The Morgan fingerprint density at radius 1 is 1.43 bits per heavy atom. The minimum atomic E-state index is -0.216. The van der Waals surface area contributed by atoms with Gasteiger partial charge in [-0.15, -0.1) is 0 Å². The van der Waals surface area contributed by atoms with E-state index in [9.17, 15) is 9.90 Å². The van der Waals surface area contributed by atoms with Gasteiger partial charge in [-0.25, -0.2) is 0 Å². The first-order valence-electron chi connectivity index (χ1n) is 6.91. The zero-order valence-corrected chi connectivity index (χ0v) is 12.6. The van der Waals surface area contributed by atoms with Crippen LogP contribution in [0.1, 0.15) is 19.4 Å². The number of hydrogen-bond acceptors (Lipinski definition) is 4. The molecule has 1 aromatic heterocycles. The predicted octanol–water partition coefficient (Wildman–Crippen LogP) is 1.97. The third-order valence-electron chi connectivity index (χ3n) is 4.22. The van der Waals surface area contributed by atoms with Crippen molar-refractivity contribution in [2.24, 2.45) is 7.05 Å². The summed E-state index contributed by atoms with van der Waals surface area (Å²) in [4.78, 5) is 12.5. The topological polar surface area (TPSA) is 64.0 Å². The van der Waals surface area contributed by atoms with Crippen LogP contribution in [0, 0.1) is 0 Å². The van der Waals surface area contributed by atoms with Crippen molar-refractivity contribution < 1.29 is 14.6 Å². The highest BCUT2D eigenvalue weighted by Gasteiger charge is 2.48. The quantitative estimate of drug-likeness (QED) is 0.877. The van der Waals surface area contributed by atoms with Crippen molar-refractivity contribution in [3.05, 3.63) is 34.1 Å². The first kappa shape index (κ1) is 13.9. The number of hydrogen-bond donors (Lipinski definition) is 1. The maximum atomic E-state index is 12.5. The van der Waals surface area contributed by atoms with E-state index in [4.69, 9.17) is 9.47 Å². The van der Waals surface area contributed by atoms with Crippen LogP contribution >= 0.6 is 0 Å². The Morgan fingerprint density at radius 2 is 2.10 bits per heavy atom. The molecule has 2 aromatic rings. The van der Waals surface area contributed by atoms with Crippen LogP contribution in [-0.2, 0) is 18.2 Å². The highest BCUT2D eigenvalue weighted by atomic mass is 16.6. The van der Waals surface area contributed by atoms with Gasteiger partial charge in [-0.3, -0.25) is 4.79 Å². The zero-order chi connectivity index (χ0) is 15.4. The van der Waals surface area contributed by atoms with E-state index in [1.807, 2.05) is 13.8 Å². The largest absolute Gasteiger partial charge is 0.507 e. The molecule has 0 aliphatic carbocycles. The van der Waals surface area contributed by atoms with E-state index in [0.717, 1.165) is 0 Å². The molecule has 1 atom stereocenters. The van der Waals surface area contributed by atoms with Gasteiger partial charge in [-0.2, -0.15) is 0 Å². The molecule has 1 fully saturated rings. The van der Waals surface area contributed by atoms with Crippen LogP contribution in [0.5, 0.6) is 11.5 Å². The third-order valence-corrected chi connectivity index (χ3v) is 4.22. The Kier molecular flexibility index (Phi) is 2.99. The smallest absolute Gasteiger partial charge is 0.257 e. The van der Waals surface area contributed by atoms with Crippen molar-refractivity contribution in [1.82, 2.24) is 4.57 Å². The summed E-state index contributed by atoms with van der Waals surface area (Å²) in [5, 5.41) is 11.1. The first-order valence-corrected chi connectivity index (χ1v) is 6.91. The first-order chi connectivity index (χ1) is 9.85. The average Bonchev–Trinajstić information content (AvgIpc) is 3.07. The van der Waals surface area contributed by atoms with Crippen LogP contribution in [-0.4, -0.2) is 28.5 Å². The number of nitrogens with zero attached hydrogens (tertiary/aromatic N) is 1. The lowest BCUT2D eigenvalue weighted by molar-refractivity contribution is 0.322. The molecule has 5 nitrogen and oxygen atoms in total. The second kappa shape index (κ2) is 4.49. The molecular formula is C16H19NO4. The van der Waals surface area contributed by atoms with Crippen molar-refractivity contribution in [2.45, 2.75) is 32.0 Å². The van der Waals surface area contributed by atoms with Crippen LogP contribution in [0.25, 0.3) is 10.9 Å². The van der Waals surface area contributed by atoms with Crippen LogP contribution in [0.15, 0.2) is 23.0 Å². The number of pyridine rings is 1. The number of methoxy groups -OCH3 is 1.